The molecule has 0 unspecified atom stereocenters. The minimum Gasteiger partial charge on any atom is -0.349 e. The molecule has 0 fully saturated rings. The van der Waals surface area contributed by atoms with E-state index in [9.17, 15) is 4.79 Å². The normalized spacial score (nSPS) is 8.79. The minimum absolute atomic E-state index is 0.193. The van der Waals surface area contributed by atoms with E-state index in [-0.39, 0.29) is 5.91 Å². The van der Waals surface area contributed by atoms with E-state index < -0.39 is 0 Å². The van der Waals surface area contributed by atoms with Crippen molar-refractivity contribution >= 4 is 5.91 Å². The average Bonchev–Trinajstić information content (AvgIpc) is 2.26. The first-order chi connectivity index (χ1) is 6.77. The van der Waals surface area contributed by atoms with E-state index in [2.05, 4.69) is 11.9 Å². The predicted molar refractivity (Wildman–Crippen MR) is 53.7 cm³/mol. The lowest BCUT2D eigenvalue weighted by Gasteiger charge is -2.01. The van der Waals surface area contributed by atoms with Crippen LogP contribution in [-0.4, -0.2) is 12.5 Å². The summed E-state index contributed by atoms with van der Waals surface area (Å²) in [6.45, 7) is 3.92. The second-order valence-electron chi connectivity index (χ2n) is 2.69. The molecule has 1 rings (SSSR count). The van der Waals surface area contributed by atoms with Gasteiger partial charge in [0.15, 0.2) is 0 Å². The number of hydrogen-bond donors (Lipinski definition) is 1. The first kappa shape index (κ1) is 10.0. The molecule has 0 bridgehead atoms. The molecule has 1 aromatic carbocycles. The number of carbonyl (C=O) groups is 1. The third-order valence-corrected chi connectivity index (χ3v) is 1.66. The highest BCUT2D eigenvalue weighted by atomic mass is 16.1. The van der Waals surface area contributed by atoms with Crippen LogP contribution in [0.15, 0.2) is 36.9 Å². The highest BCUT2D eigenvalue weighted by Crippen LogP contribution is 2.03. The van der Waals surface area contributed by atoms with Crippen LogP contribution >= 0.6 is 0 Å². The van der Waals surface area contributed by atoms with Crippen LogP contribution in [-0.2, 0) is 0 Å². The minimum atomic E-state index is -0.193. The summed E-state index contributed by atoms with van der Waals surface area (Å²) in [5, 5.41) is 11.3. The van der Waals surface area contributed by atoms with Gasteiger partial charge in [0.25, 0.3) is 5.91 Å². The van der Waals surface area contributed by atoms with Crippen molar-refractivity contribution in [1.29, 1.82) is 5.26 Å². The van der Waals surface area contributed by atoms with Crippen LogP contribution in [0.4, 0.5) is 0 Å². The maximum absolute atomic E-state index is 11.4. The molecule has 0 aliphatic rings. The molecule has 3 heteroatoms. The summed E-state index contributed by atoms with van der Waals surface area (Å²) in [5.41, 5.74) is 0.974. The van der Waals surface area contributed by atoms with E-state index in [4.69, 9.17) is 5.26 Å². The van der Waals surface area contributed by atoms with Crippen molar-refractivity contribution in [3.63, 3.8) is 0 Å². The van der Waals surface area contributed by atoms with E-state index in [1.807, 2.05) is 6.07 Å². The van der Waals surface area contributed by atoms with Gasteiger partial charge in [-0.1, -0.05) is 12.1 Å². The summed E-state index contributed by atoms with van der Waals surface area (Å²) in [6, 6.07) is 8.54. The van der Waals surface area contributed by atoms with E-state index >= 15 is 0 Å². The van der Waals surface area contributed by atoms with Crippen molar-refractivity contribution in [2.75, 3.05) is 6.54 Å². The standard InChI is InChI=1S/C11H10N2O/c1-2-6-13-11(14)10-5-3-4-9(7-10)8-12/h2-5,7H,1,6H2,(H,13,14). The van der Waals surface area contributed by atoms with Crippen LogP contribution in [0, 0.1) is 11.3 Å². The fourth-order valence-corrected chi connectivity index (χ4v) is 0.997. The maximum atomic E-state index is 11.4. The summed E-state index contributed by atoms with van der Waals surface area (Å²) in [6.07, 6.45) is 1.60. The van der Waals surface area contributed by atoms with E-state index in [1.165, 1.54) is 0 Å². The number of nitrogens with one attached hydrogen (secondary N) is 1. The first-order valence-electron chi connectivity index (χ1n) is 4.17. The Morgan fingerprint density at radius 2 is 2.43 bits per heavy atom. The highest BCUT2D eigenvalue weighted by molar-refractivity contribution is 5.94. The molecule has 3 nitrogen and oxygen atoms in total. The van der Waals surface area contributed by atoms with Gasteiger partial charge in [-0.15, -0.1) is 6.58 Å². The molecule has 0 aromatic heterocycles. The van der Waals surface area contributed by atoms with Gasteiger partial charge in [0.2, 0.25) is 0 Å². The molecule has 0 atom stereocenters. The van der Waals surface area contributed by atoms with E-state index in [0.717, 1.165) is 0 Å². The molecule has 0 saturated heterocycles. The molecule has 0 heterocycles. The number of nitrogens with zero attached hydrogens (tertiary/aromatic N) is 1. The predicted octanol–water partition coefficient (Wildman–Crippen LogP) is 1.47. The third-order valence-electron chi connectivity index (χ3n) is 1.66. The summed E-state index contributed by atoms with van der Waals surface area (Å²) in [4.78, 5) is 11.4. The largest absolute Gasteiger partial charge is 0.349 e. The molecule has 0 radical (unpaired) electrons. The van der Waals surface area contributed by atoms with Gasteiger partial charge in [-0.3, -0.25) is 4.79 Å². The first-order valence-corrected chi connectivity index (χ1v) is 4.17. The SMILES string of the molecule is C=CCNC(=O)c1cccc(C#N)c1. The molecular weight excluding hydrogens is 176 g/mol. The Bertz CT molecular complexity index is 391. The van der Waals surface area contributed by atoms with Gasteiger partial charge in [0, 0.05) is 12.1 Å². The van der Waals surface area contributed by atoms with Crippen LogP contribution < -0.4 is 5.32 Å². The van der Waals surface area contributed by atoms with E-state index in [1.54, 1.807) is 30.3 Å². The van der Waals surface area contributed by atoms with Crippen LogP contribution in [0.3, 0.4) is 0 Å². The van der Waals surface area contributed by atoms with Crippen LogP contribution in [0.5, 0.6) is 0 Å². The van der Waals surface area contributed by atoms with E-state index in [0.29, 0.717) is 17.7 Å². The van der Waals surface area contributed by atoms with Gasteiger partial charge in [0.05, 0.1) is 11.6 Å². The number of rotatable bonds is 3. The lowest BCUT2D eigenvalue weighted by molar-refractivity contribution is 0.0958. The molecule has 0 aliphatic carbocycles. The van der Waals surface area contributed by atoms with Gasteiger partial charge in [-0.25, -0.2) is 0 Å². The number of amides is 1. The fraction of sp³-hybridized carbons (Fsp3) is 0.0909. The second-order valence-corrected chi connectivity index (χ2v) is 2.69. The molecule has 14 heavy (non-hydrogen) atoms. The molecule has 0 saturated carbocycles. The molecule has 1 amide bonds. The summed E-state index contributed by atoms with van der Waals surface area (Å²) >= 11 is 0. The van der Waals surface area contributed by atoms with Crippen molar-refractivity contribution in [3.8, 4) is 6.07 Å². The molecule has 70 valence electrons. The molecule has 0 spiro atoms. The number of benzene rings is 1. The fourth-order valence-electron chi connectivity index (χ4n) is 0.997. The van der Waals surface area contributed by atoms with Gasteiger partial charge >= 0.3 is 0 Å². The van der Waals surface area contributed by atoms with Gasteiger partial charge in [0.1, 0.15) is 0 Å². The van der Waals surface area contributed by atoms with Gasteiger partial charge in [-0.05, 0) is 18.2 Å². The van der Waals surface area contributed by atoms with Crippen LogP contribution in [0.1, 0.15) is 15.9 Å². The quantitative estimate of drug-likeness (QED) is 0.727. The Morgan fingerprint density at radius 3 is 3.07 bits per heavy atom. The topological polar surface area (TPSA) is 52.9 Å². The Morgan fingerprint density at radius 1 is 1.64 bits per heavy atom. The monoisotopic (exact) mass is 186 g/mol. The lowest BCUT2D eigenvalue weighted by atomic mass is 10.1. The summed E-state index contributed by atoms with van der Waals surface area (Å²) in [7, 11) is 0. The summed E-state index contributed by atoms with van der Waals surface area (Å²) in [5.74, 6) is -0.193. The Balaban J connectivity index is 2.80. The van der Waals surface area contributed by atoms with Crippen LogP contribution in [0.25, 0.3) is 0 Å². The zero-order chi connectivity index (χ0) is 10.4. The Labute approximate surface area is 82.7 Å². The third kappa shape index (κ3) is 2.46. The lowest BCUT2D eigenvalue weighted by Crippen LogP contribution is -2.23. The Hall–Kier alpha value is -2.08. The molecule has 0 aliphatic heterocycles. The van der Waals surface area contributed by atoms with Gasteiger partial charge < -0.3 is 5.32 Å². The zero-order valence-corrected chi connectivity index (χ0v) is 7.66. The average molecular weight is 186 g/mol. The van der Waals surface area contributed by atoms with Gasteiger partial charge in [-0.2, -0.15) is 5.26 Å². The summed E-state index contributed by atoms with van der Waals surface area (Å²) < 4.78 is 0. The van der Waals surface area contributed by atoms with Crippen molar-refractivity contribution in [3.05, 3.63) is 48.0 Å². The Kier molecular flexibility index (Phi) is 3.45. The van der Waals surface area contributed by atoms with Crippen molar-refractivity contribution in [2.45, 2.75) is 0 Å². The molecular formula is C11H10N2O. The number of nitriles is 1. The number of hydrogen-bond acceptors (Lipinski definition) is 2. The molecule has 1 aromatic rings. The highest BCUT2D eigenvalue weighted by Gasteiger charge is 2.03. The van der Waals surface area contributed by atoms with Crippen molar-refractivity contribution in [1.82, 2.24) is 5.32 Å². The molecule has 1 N–H and O–H groups in total. The van der Waals surface area contributed by atoms with Crippen molar-refractivity contribution in [2.24, 2.45) is 0 Å². The smallest absolute Gasteiger partial charge is 0.251 e. The zero-order valence-electron chi connectivity index (χ0n) is 7.66. The van der Waals surface area contributed by atoms with Crippen LogP contribution in [0.2, 0.25) is 0 Å². The second kappa shape index (κ2) is 4.83. The van der Waals surface area contributed by atoms with Crippen molar-refractivity contribution < 1.29 is 4.79 Å². The number of carbonyl (C=O) groups excluding carboxylic acids is 1. The maximum Gasteiger partial charge on any atom is 0.251 e.